The maximum atomic E-state index is 11.4. The summed E-state index contributed by atoms with van der Waals surface area (Å²) in [5, 5.41) is 11.9. The molecule has 110 valence electrons. The standard InChI is InChI=1S/C13H11ClN2O4S/c1-21(19,20)10-4-2-9(3-5-10)15-12-7-8(13(17)18)6-11(14)16-12/h2-7H,1H3,(H,15,16)(H,17,18). The molecule has 1 aromatic carbocycles. The second-order valence-corrected chi connectivity index (χ2v) is 6.69. The monoisotopic (exact) mass is 326 g/mol. The van der Waals surface area contributed by atoms with Gasteiger partial charge in [-0.1, -0.05) is 11.6 Å². The maximum absolute atomic E-state index is 11.4. The fourth-order valence-electron chi connectivity index (χ4n) is 1.62. The number of hydrogen-bond acceptors (Lipinski definition) is 5. The number of aromatic nitrogens is 1. The molecule has 21 heavy (non-hydrogen) atoms. The summed E-state index contributed by atoms with van der Waals surface area (Å²) in [7, 11) is -3.26. The lowest BCUT2D eigenvalue weighted by molar-refractivity contribution is 0.0697. The van der Waals surface area contributed by atoms with E-state index in [9.17, 15) is 13.2 Å². The van der Waals surface area contributed by atoms with Crippen molar-refractivity contribution in [2.45, 2.75) is 4.90 Å². The SMILES string of the molecule is CS(=O)(=O)c1ccc(Nc2cc(C(=O)O)cc(Cl)n2)cc1. The average Bonchev–Trinajstić information content (AvgIpc) is 2.37. The molecule has 0 aliphatic heterocycles. The number of carboxylic acid groups (broad SMARTS) is 1. The van der Waals surface area contributed by atoms with E-state index in [0.29, 0.717) is 5.69 Å². The Morgan fingerprint density at radius 3 is 2.38 bits per heavy atom. The Hall–Kier alpha value is -2.12. The van der Waals surface area contributed by atoms with Crippen molar-refractivity contribution < 1.29 is 18.3 Å². The van der Waals surface area contributed by atoms with Crippen LogP contribution in [0.2, 0.25) is 5.15 Å². The minimum atomic E-state index is -3.26. The second-order valence-electron chi connectivity index (χ2n) is 4.29. The third-order valence-corrected chi connectivity index (χ3v) is 3.92. The average molecular weight is 327 g/mol. The highest BCUT2D eigenvalue weighted by molar-refractivity contribution is 7.90. The number of nitrogens with zero attached hydrogens (tertiary/aromatic N) is 1. The quantitative estimate of drug-likeness (QED) is 0.838. The molecular weight excluding hydrogens is 316 g/mol. The van der Waals surface area contributed by atoms with Crippen LogP contribution in [0.5, 0.6) is 0 Å². The summed E-state index contributed by atoms with van der Waals surface area (Å²) in [6, 6.07) is 8.57. The van der Waals surface area contributed by atoms with E-state index in [4.69, 9.17) is 16.7 Å². The van der Waals surface area contributed by atoms with Crippen LogP contribution in [0, 0.1) is 0 Å². The molecule has 0 atom stereocenters. The zero-order chi connectivity index (χ0) is 15.6. The summed E-state index contributed by atoms with van der Waals surface area (Å²) in [5.74, 6) is -0.859. The number of rotatable bonds is 4. The van der Waals surface area contributed by atoms with Gasteiger partial charge in [0.25, 0.3) is 0 Å². The molecule has 2 rings (SSSR count). The van der Waals surface area contributed by atoms with Gasteiger partial charge < -0.3 is 10.4 Å². The van der Waals surface area contributed by atoms with Gasteiger partial charge in [0.05, 0.1) is 10.5 Å². The maximum Gasteiger partial charge on any atom is 0.335 e. The van der Waals surface area contributed by atoms with Gasteiger partial charge in [-0.25, -0.2) is 18.2 Å². The zero-order valence-corrected chi connectivity index (χ0v) is 12.4. The van der Waals surface area contributed by atoms with Crippen LogP contribution >= 0.6 is 11.6 Å². The van der Waals surface area contributed by atoms with Crippen molar-refractivity contribution in [3.8, 4) is 0 Å². The zero-order valence-electron chi connectivity index (χ0n) is 10.9. The molecule has 2 N–H and O–H groups in total. The molecule has 0 aliphatic carbocycles. The Kier molecular flexibility index (Phi) is 4.15. The van der Waals surface area contributed by atoms with E-state index in [1.807, 2.05) is 0 Å². The van der Waals surface area contributed by atoms with Crippen molar-refractivity contribution in [1.29, 1.82) is 0 Å². The van der Waals surface area contributed by atoms with E-state index in [-0.39, 0.29) is 21.4 Å². The van der Waals surface area contributed by atoms with Gasteiger partial charge in [-0.05, 0) is 36.4 Å². The number of hydrogen-bond donors (Lipinski definition) is 2. The summed E-state index contributed by atoms with van der Waals surface area (Å²) >= 11 is 5.75. The van der Waals surface area contributed by atoms with E-state index >= 15 is 0 Å². The molecule has 0 spiro atoms. The number of carbonyl (C=O) groups is 1. The van der Waals surface area contributed by atoms with Crippen LogP contribution in [0.1, 0.15) is 10.4 Å². The summed E-state index contributed by atoms with van der Waals surface area (Å²) in [6.45, 7) is 0. The van der Waals surface area contributed by atoms with Crippen LogP contribution in [0.25, 0.3) is 0 Å². The summed E-state index contributed by atoms with van der Waals surface area (Å²) in [6.07, 6.45) is 1.12. The van der Waals surface area contributed by atoms with Crippen LogP contribution in [-0.2, 0) is 9.84 Å². The first-order valence-corrected chi connectivity index (χ1v) is 8.01. The number of halogens is 1. The third-order valence-electron chi connectivity index (χ3n) is 2.60. The van der Waals surface area contributed by atoms with E-state index in [1.54, 1.807) is 12.1 Å². The second kappa shape index (κ2) is 5.71. The van der Waals surface area contributed by atoms with Crippen molar-refractivity contribution in [3.05, 3.63) is 47.1 Å². The van der Waals surface area contributed by atoms with Gasteiger partial charge in [0, 0.05) is 11.9 Å². The Morgan fingerprint density at radius 1 is 1.24 bits per heavy atom. The molecule has 0 bridgehead atoms. The largest absolute Gasteiger partial charge is 0.478 e. The molecule has 0 radical (unpaired) electrons. The van der Waals surface area contributed by atoms with Crippen molar-refractivity contribution in [3.63, 3.8) is 0 Å². The lowest BCUT2D eigenvalue weighted by atomic mass is 10.2. The Labute approximate surface area is 126 Å². The van der Waals surface area contributed by atoms with Gasteiger partial charge in [-0.2, -0.15) is 0 Å². The summed E-state index contributed by atoms with van der Waals surface area (Å²) in [4.78, 5) is 15.1. The van der Waals surface area contributed by atoms with Gasteiger partial charge in [0.15, 0.2) is 9.84 Å². The van der Waals surface area contributed by atoms with E-state index in [1.165, 1.54) is 24.3 Å². The lowest BCUT2D eigenvalue weighted by Gasteiger charge is -2.07. The smallest absolute Gasteiger partial charge is 0.335 e. The van der Waals surface area contributed by atoms with Gasteiger partial charge in [-0.15, -0.1) is 0 Å². The highest BCUT2D eigenvalue weighted by Crippen LogP contribution is 2.20. The molecule has 0 saturated heterocycles. The molecule has 0 fully saturated rings. The van der Waals surface area contributed by atoms with Crippen molar-refractivity contribution in [1.82, 2.24) is 4.98 Å². The van der Waals surface area contributed by atoms with Crippen molar-refractivity contribution in [2.75, 3.05) is 11.6 Å². The third kappa shape index (κ3) is 3.93. The topological polar surface area (TPSA) is 96.4 Å². The summed E-state index contributed by atoms with van der Waals surface area (Å²) in [5.41, 5.74) is 0.568. The molecule has 0 saturated carbocycles. The van der Waals surface area contributed by atoms with Crippen LogP contribution in [-0.4, -0.2) is 30.7 Å². The highest BCUT2D eigenvalue weighted by Gasteiger charge is 2.09. The molecule has 0 unspecified atom stereocenters. The normalized spacial score (nSPS) is 11.1. The summed E-state index contributed by atoms with van der Waals surface area (Å²) < 4.78 is 22.7. The van der Waals surface area contributed by atoms with Crippen LogP contribution < -0.4 is 5.32 Å². The number of anilines is 2. The first-order valence-electron chi connectivity index (χ1n) is 5.74. The number of benzene rings is 1. The first kappa shape index (κ1) is 15.3. The van der Waals surface area contributed by atoms with Crippen LogP contribution in [0.15, 0.2) is 41.3 Å². The minimum Gasteiger partial charge on any atom is -0.478 e. The van der Waals surface area contributed by atoms with Crippen molar-refractivity contribution in [2.24, 2.45) is 0 Å². The Bertz CT molecular complexity index is 788. The fourth-order valence-corrected chi connectivity index (χ4v) is 2.46. The van der Waals surface area contributed by atoms with E-state index < -0.39 is 15.8 Å². The highest BCUT2D eigenvalue weighted by atomic mass is 35.5. The van der Waals surface area contributed by atoms with Gasteiger partial charge >= 0.3 is 5.97 Å². The fraction of sp³-hybridized carbons (Fsp3) is 0.0769. The van der Waals surface area contributed by atoms with Crippen LogP contribution in [0.4, 0.5) is 11.5 Å². The number of sulfone groups is 1. The molecule has 2 aromatic rings. The molecule has 6 nitrogen and oxygen atoms in total. The van der Waals surface area contributed by atoms with Crippen molar-refractivity contribution >= 4 is 38.9 Å². The van der Waals surface area contributed by atoms with E-state index in [0.717, 1.165) is 6.26 Å². The minimum absolute atomic E-state index is 0.00487. The number of aromatic carboxylic acids is 1. The molecule has 8 heteroatoms. The van der Waals surface area contributed by atoms with Crippen LogP contribution in [0.3, 0.4) is 0 Å². The first-order chi connectivity index (χ1) is 9.75. The predicted octanol–water partition coefficient (Wildman–Crippen LogP) is 2.58. The number of carboxylic acids is 1. The molecule has 1 heterocycles. The van der Waals surface area contributed by atoms with Gasteiger partial charge in [0.1, 0.15) is 11.0 Å². The number of nitrogens with one attached hydrogen (secondary N) is 1. The Balaban J connectivity index is 2.28. The number of pyridine rings is 1. The van der Waals surface area contributed by atoms with Gasteiger partial charge in [0.2, 0.25) is 0 Å². The molecule has 1 aromatic heterocycles. The lowest BCUT2D eigenvalue weighted by Crippen LogP contribution is -2.01. The molecular formula is C13H11ClN2O4S. The molecule has 0 aliphatic rings. The van der Waals surface area contributed by atoms with E-state index in [2.05, 4.69) is 10.3 Å². The van der Waals surface area contributed by atoms with Gasteiger partial charge in [-0.3, -0.25) is 0 Å². The Morgan fingerprint density at radius 2 is 1.86 bits per heavy atom. The predicted molar refractivity (Wildman–Crippen MR) is 79.0 cm³/mol. The molecule has 0 amide bonds.